The van der Waals surface area contributed by atoms with Gasteiger partial charge < -0.3 is 15.4 Å². The van der Waals surface area contributed by atoms with E-state index < -0.39 is 29.6 Å². The number of benzene rings is 1. The Kier molecular flexibility index (Phi) is 4.40. The topological polar surface area (TPSA) is 72.6 Å². The zero-order valence-corrected chi connectivity index (χ0v) is 11.6. The van der Waals surface area contributed by atoms with Crippen LogP contribution < -0.4 is 5.73 Å². The van der Waals surface area contributed by atoms with Gasteiger partial charge in [0.15, 0.2) is 0 Å². The summed E-state index contributed by atoms with van der Waals surface area (Å²) in [5.74, 6) is -3.15. The molecule has 1 fully saturated rings. The van der Waals surface area contributed by atoms with Crippen molar-refractivity contribution >= 4 is 17.6 Å². The highest BCUT2D eigenvalue weighted by atomic mass is 19.1. The first-order valence-electron chi connectivity index (χ1n) is 6.59. The standard InChI is InChI=1S/C14H16F2N2O3/c1-21-14(20)12-4-2-3-5-18(12)13(19)8-6-11(17)10(16)7-9(8)15/h6-7,12H,2-5,17H2,1H3. The Balaban J connectivity index is 2.33. The van der Waals surface area contributed by atoms with Gasteiger partial charge in [-0.05, 0) is 25.3 Å². The number of nitrogens with two attached hydrogens (primary N) is 1. The smallest absolute Gasteiger partial charge is 0.328 e. The molecule has 0 aliphatic carbocycles. The fraction of sp³-hybridized carbons (Fsp3) is 0.429. The van der Waals surface area contributed by atoms with Gasteiger partial charge in [0.1, 0.15) is 17.7 Å². The van der Waals surface area contributed by atoms with Crippen LogP contribution in [-0.2, 0) is 9.53 Å². The zero-order chi connectivity index (χ0) is 15.6. The number of anilines is 1. The molecule has 0 aromatic heterocycles. The normalized spacial score (nSPS) is 18.4. The summed E-state index contributed by atoms with van der Waals surface area (Å²) in [4.78, 5) is 25.4. The lowest BCUT2D eigenvalue weighted by atomic mass is 10.0. The van der Waals surface area contributed by atoms with Gasteiger partial charge in [-0.3, -0.25) is 4.79 Å². The lowest BCUT2D eigenvalue weighted by Crippen LogP contribution is -2.48. The van der Waals surface area contributed by atoms with Crippen molar-refractivity contribution in [2.45, 2.75) is 25.3 Å². The molecular weight excluding hydrogens is 282 g/mol. The molecule has 0 bridgehead atoms. The quantitative estimate of drug-likeness (QED) is 0.666. The van der Waals surface area contributed by atoms with E-state index in [9.17, 15) is 18.4 Å². The van der Waals surface area contributed by atoms with Crippen molar-refractivity contribution in [3.05, 3.63) is 29.3 Å². The third-order valence-electron chi connectivity index (χ3n) is 3.55. The Morgan fingerprint density at radius 2 is 2.00 bits per heavy atom. The van der Waals surface area contributed by atoms with Crippen LogP contribution in [0.5, 0.6) is 0 Å². The van der Waals surface area contributed by atoms with E-state index in [0.29, 0.717) is 25.5 Å². The average Bonchev–Trinajstić information content (AvgIpc) is 2.49. The van der Waals surface area contributed by atoms with Crippen LogP contribution in [0.1, 0.15) is 29.6 Å². The summed E-state index contributed by atoms with van der Waals surface area (Å²) in [7, 11) is 1.23. The average molecular weight is 298 g/mol. The molecule has 5 nitrogen and oxygen atoms in total. The van der Waals surface area contributed by atoms with Crippen LogP contribution >= 0.6 is 0 Å². The molecule has 1 heterocycles. The van der Waals surface area contributed by atoms with Crippen molar-refractivity contribution < 1.29 is 23.1 Å². The van der Waals surface area contributed by atoms with Gasteiger partial charge in [-0.25, -0.2) is 13.6 Å². The van der Waals surface area contributed by atoms with Gasteiger partial charge in [0.25, 0.3) is 5.91 Å². The van der Waals surface area contributed by atoms with Crippen LogP contribution in [-0.4, -0.2) is 36.5 Å². The van der Waals surface area contributed by atoms with Gasteiger partial charge >= 0.3 is 5.97 Å². The molecule has 114 valence electrons. The molecule has 7 heteroatoms. The van der Waals surface area contributed by atoms with Crippen LogP contribution in [0.2, 0.25) is 0 Å². The predicted octanol–water partition coefficient (Wildman–Crippen LogP) is 1.71. The number of hydrogen-bond donors (Lipinski definition) is 1. The number of ether oxygens (including phenoxy) is 1. The zero-order valence-electron chi connectivity index (χ0n) is 11.6. The second-order valence-electron chi connectivity index (χ2n) is 4.89. The third-order valence-corrected chi connectivity index (χ3v) is 3.55. The van der Waals surface area contributed by atoms with E-state index in [2.05, 4.69) is 4.74 Å². The maximum Gasteiger partial charge on any atom is 0.328 e. The first-order chi connectivity index (χ1) is 9.95. The van der Waals surface area contributed by atoms with Gasteiger partial charge in [0, 0.05) is 12.6 Å². The Hall–Kier alpha value is -2.18. The molecule has 1 unspecified atom stereocenters. The van der Waals surface area contributed by atoms with E-state index in [0.717, 1.165) is 12.5 Å². The molecule has 1 saturated heterocycles. The first kappa shape index (κ1) is 15.2. The number of methoxy groups -OCH3 is 1. The van der Waals surface area contributed by atoms with Crippen molar-refractivity contribution in [3.8, 4) is 0 Å². The summed E-state index contributed by atoms with van der Waals surface area (Å²) in [6.07, 6.45) is 1.94. The number of piperidine rings is 1. The Morgan fingerprint density at radius 1 is 1.29 bits per heavy atom. The minimum absolute atomic E-state index is 0.314. The number of nitrogen functional groups attached to an aromatic ring is 1. The van der Waals surface area contributed by atoms with Crippen molar-refractivity contribution in [3.63, 3.8) is 0 Å². The van der Waals surface area contributed by atoms with E-state index in [4.69, 9.17) is 5.73 Å². The largest absolute Gasteiger partial charge is 0.467 e. The molecule has 1 aromatic carbocycles. The summed E-state index contributed by atoms with van der Waals surface area (Å²) in [6, 6.07) is 0.775. The molecule has 1 amide bonds. The summed E-state index contributed by atoms with van der Waals surface area (Å²) in [5.41, 5.74) is 4.72. The van der Waals surface area contributed by atoms with Crippen LogP contribution in [0.3, 0.4) is 0 Å². The molecule has 21 heavy (non-hydrogen) atoms. The molecule has 1 aliphatic heterocycles. The highest BCUT2D eigenvalue weighted by Crippen LogP contribution is 2.24. The number of likely N-dealkylation sites (tertiary alicyclic amines) is 1. The second-order valence-corrected chi connectivity index (χ2v) is 4.89. The molecule has 0 spiro atoms. The third kappa shape index (κ3) is 2.96. The number of halogens is 2. The predicted molar refractivity (Wildman–Crippen MR) is 71.5 cm³/mol. The Labute approximate surface area is 120 Å². The van der Waals surface area contributed by atoms with Crippen LogP contribution in [0.4, 0.5) is 14.5 Å². The molecule has 0 radical (unpaired) electrons. The van der Waals surface area contributed by atoms with E-state index in [1.165, 1.54) is 12.0 Å². The summed E-state index contributed by atoms with van der Waals surface area (Å²) >= 11 is 0. The lowest BCUT2D eigenvalue weighted by molar-refractivity contribution is -0.147. The SMILES string of the molecule is COC(=O)C1CCCCN1C(=O)c1cc(N)c(F)cc1F. The van der Waals surface area contributed by atoms with Crippen molar-refractivity contribution in [1.29, 1.82) is 0 Å². The number of esters is 1. The van der Waals surface area contributed by atoms with E-state index >= 15 is 0 Å². The number of hydrogen-bond acceptors (Lipinski definition) is 4. The summed E-state index contributed by atoms with van der Waals surface area (Å²) in [5, 5.41) is 0. The molecule has 1 atom stereocenters. The molecule has 1 aromatic rings. The number of carbonyl (C=O) groups excluding carboxylic acids is 2. The van der Waals surface area contributed by atoms with E-state index in [-0.39, 0.29) is 11.3 Å². The maximum absolute atomic E-state index is 13.8. The van der Waals surface area contributed by atoms with E-state index in [1.54, 1.807) is 0 Å². The molecule has 0 saturated carbocycles. The molecule has 1 aliphatic rings. The monoisotopic (exact) mass is 298 g/mol. The number of rotatable bonds is 2. The fourth-order valence-electron chi connectivity index (χ4n) is 2.44. The van der Waals surface area contributed by atoms with Gasteiger partial charge in [-0.1, -0.05) is 0 Å². The second kappa shape index (κ2) is 6.07. The molecular formula is C14H16F2N2O3. The van der Waals surface area contributed by atoms with Crippen molar-refractivity contribution in [2.24, 2.45) is 0 Å². The van der Waals surface area contributed by atoms with Crippen LogP contribution in [0, 0.1) is 11.6 Å². The van der Waals surface area contributed by atoms with Crippen molar-refractivity contribution in [2.75, 3.05) is 19.4 Å². The number of carbonyl (C=O) groups is 2. The molecule has 2 N–H and O–H groups in total. The van der Waals surface area contributed by atoms with Gasteiger partial charge in [0.05, 0.1) is 18.4 Å². The Bertz CT molecular complexity index is 578. The number of nitrogens with zero attached hydrogens (tertiary/aromatic N) is 1. The van der Waals surface area contributed by atoms with E-state index in [1.807, 2.05) is 0 Å². The number of amides is 1. The van der Waals surface area contributed by atoms with Gasteiger partial charge in [0.2, 0.25) is 0 Å². The summed E-state index contributed by atoms with van der Waals surface area (Å²) < 4.78 is 31.6. The minimum Gasteiger partial charge on any atom is -0.467 e. The Morgan fingerprint density at radius 3 is 2.67 bits per heavy atom. The van der Waals surface area contributed by atoms with Crippen LogP contribution in [0.25, 0.3) is 0 Å². The first-order valence-corrected chi connectivity index (χ1v) is 6.59. The lowest BCUT2D eigenvalue weighted by Gasteiger charge is -2.33. The minimum atomic E-state index is -0.999. The van der Waals surface area contributed by atoms with Crippen LogP contribution in [0.15, 0.2) is 12.1 Å². The van der Waals surface area contributed by atoms with Gasteiger partial charge in [-0.15, -0.1) is 0 Å². The van der Waals surface area contributed by atoms with Gasteiger partial charge in [-0.2, -0.15) is 0 Å². The maximum atomic E-state index is 13.8. The molecule has 2 rings (SSSR count). The summed E-state index contributed by atoms with van der Waals surface area (Å²) in [6.45, 7) is 0.315. The highest BCUT2D eigenvalue weighted by Gasteiger charge is 2.34. The fourth-order valence-corrected chi connectivity index (χ4v) is 2.44. The highest BCUT2D eigenvalue weighted by molar-refractivity contribution is 5.97. The van der Waals surface area contributed by atoms with Crippen molar-refractivity contribution in [1.82, 2.24) is 4.90 Å².